The molecule has 0 bridgehead atoms. The molecule has 0 amide bonds. The van der Waals surface area contributed by atoms with Gasteiger partial charge in [-0.05, 0) is 0 Å². The van der Waals surface area contributed by atoms with Crippen LogP contribution in [-0.2, 0) is 36.7 Å². The number of aromatic amines is 1. The number of phosphoric ester groups is 1. The molecule has 20 nitrogen and oxygen atoms in total. The van der Waals surface area contributed by atoms with Gasteiger partial charge in [0.1, 0.15) is 36.3 Å². The Bertz CT molecular complexity index is 1880. The molecule has 3 aliphatic heterocycles. The minimum atomic E-state index is -5.09. The summed E-state index contributed by atoms with van der Waals surface area (Å²) >= 11 is 0. The molecular weight excluding hydrogens is 640 g/mol. The van der Waals surface area contributed by atoms with Crippen molar-refractivity contribution < 1.29 is 50.4 Å². The van der Waals surface area contributed by atoms with E-state index in [-0.39, 0.29) is 34.1 Å². The van der Waals surface area contributed by atoms with E-state index in [1.807, 2.05) is 0 Å². The Morgan fingerprint density at radius 3 is 2.39 bits per heavy atom. The van der Waals surface area contributed by atoms with E-state index in [1.54, 1.807) is 0 Å². The maximum absolute atomic E-state index is 15.8. The summed E-state index contributed by atoms with van der Waals surface area (Å²) in [5, 5.41) is 0. The zero-order valence-corrected chi connectivity index (χ0v) is 23.8. The predicted octanol–water partition coefficient (Wildman–Crippen LogP) is -0.0978. The van der Waals surface area contributed by atoms with Gasteiger partial charge < -0.3 is 34.9 Å². The second kappa shape index (κ2) is 10.9. The number of halogens is 2. The van der Waals surface area contributed by atoms with Crippen molar-refractivity contribution in [1.29, 1.82) is 0 Å². The smallest absolute Gasteiger partial charge is 0.382 e. The summed E-state index contributed by atoms with van der Waals surface area (Å²) in [5.41, 5.74) is 10.7. The number of anilines is 2. The lowest BCUT2D eigenvalue weighted by molar-refractivity contribution is -0.0600. The molecule has 24 heteroatoms. The molecule has 0 aromatic carbocycles. The molecule has 0 radical (unpaired) electrons. The Morgan fingerprint density at radius 2 is 1.64 bits per heavy atom. The summed E-state index contributed by atoms with van der Waals surface area (Å²) in [6.45, 7) is -1.51. The van der Waals surface area contributed by atoms with Crippen LogP contribution in [0.25, 0.3) is 22.3 Å². The largest absolute Gasteiger partial charge is 0.472 e. The standard InChI is InChI=1S/C20H22F2N10O10P2/c21-8-12-7(40-18(8)32-5-28-11-16(32)29-20(24)30-17(11)33)2-38-44(35,36)42-13-6(1-37-43(34)41-12)39-19(9(13)22)31-4-27-10-14(23)25-3-26-15(10)31/h3-9,12-13,18-19,43H,1-2H2,(H,35,36)(H2,23,25,26)(H3,24,29,30,33)/t6?,7-,8-,9-,12-,13-,18-,19-/m1/s1. The van der Waals surface area contributed by atoms with Crippen LogP contribution in [-0.4, -0.2) is 93.9 Å². The van der Waals surface area contributed by atoms with Crippen LogP contribution >= 0.6 is 16.1 Å². The molecule has 236 valence electrons. The Morgan fingerprint density at radius 1 is 0.977 bits per heavy atom. The van der Waals surface area contributed by atoms with Gasteiger partial charge in [0.2, 0.25) is 5.95 Å². The van der Waals surface area contributed by atoms with Crippen LogP contribution in [0.15, 0.2) is 23.8 Å². The molecular formula is C20H22F2N10O10P2. The Balaban J connectivity index is 1.15. The number of H-pyrrole nitrogens is 1. The van der Waals surface area contributed by atoms with E-state index in [9.17, 15) is 18.8 Å². The van der Waals surface area contributed by atoms with Crippen molar-refractivity contribution in [1.82, 2.24) is 39.0 Å². The number of nitrogens with zero attached hydrogens (tertiary/aromatic N) is 7. The van der Waals surface area contributed by atoms with E-state index in [0.717, 1.165) is 17.2 Å². The summed E-state index contributed by atoms with van der Waals surface area (Å²) in [5.74, 6) is -0.256. The summed E-state index contributed by atoms with van der Waals surface area (Å²) < 4.78 is 91.9. The summed E-state index contributed by atoms with van der Waals surface area (Å²) in [6, 6.07) is 0. The first kappa shape index (κ1) is 29.3. The second-order valence-electron chi connectivity index (χ2n) is 9.86. The maximum atomic E-state index is 15.8. The van der Waals surface area contributed by atoms with Gasteiger partial charge in [0, 0.05) is 0 Å². The molecule has 4 aromatic rings. The maximum Gasteiger partial charge on any atom is 0.472 e. The normalized spacial score (nSPS) is 36.6. The fourth-order valence-corrected chi connectivity index (χ4v) is 7.03. The Kier molecular flexibility index (Phi) is 7.22. The number of nitrogens with one attached hydrogen (secondary N) is 1. The van der Waals surface area contributed by atoms with Crippen molar-refractivity contribution in [3.8, 4) is 0 Å². The molecule has 0 aliphatic carbocycles. The van der Waals surface area contributed by atoms with Gasteiger partial charge in [0.15, 0.2) is 47.4 Å². The molecule has 7 heterocycles. The van der Waals surface area contributed by atoms with Crippen molar-refractivity contribution in [3.05, 3.63) is 29.3 Å². The van der Waals surface area contributed by atoms with E-state index < -0.39 is 84.1 Å². The monoisotopic (exact) mass is 662 g/mol. The molecule has 3 fully saturated rings. The molecule has 0 spiro atoms. The van der Waals surface area contributed by atoms with Crippen molar-refractivity contribution in [2.24, 2.45) is 0 Å². The van der Waals surface area contributed by atoms with Gasteiger partial charge >= 0.3 is 16.1 Å². The van der Waals surface area contributed by atoms with Gasteiger partial charge in [0.05, 0.1) is 25.9 Å². The molecule has 3 saturated heterocycles. The SMILES string of the molecule is Nc1nc2c(ncn2[C@@H]2O[C@@H]3COP(=O)(O)O[C@@H]4C(CO[PH](=O)O[C@H]3[C@H]2F)O[C@@H](n2cnc3c(N)ncnc32)[C@@H]4F)c(=O)[nH]1. The highest BCUT2D eigenvalue weighted by Crippen LogP contribution is 2.51. The first-order valence-corrected chi connectivity index (χ1v) is 15.5. The second-order valence-corrected chi connectivity index (χ2v) is 12.3. The summed E-state index contributed by atoms with van der Waals surface area (Å²) in [6.07, 6.45) is -10.3. The number of hydrogen-bond acceptors (Lipinski definition) is 16. The topological polar surface area (TPSA) is 269 Å². The third-order valence-corrected chi connectivity index (χ3v) is 9.03. The van der Waals surface area contributed by atoms with Gasteiger partial charge in [-0.1, -0.05) is 0 Å². The lowest BCUT2D eigenvalue weighted by Gasteiger charge is -2.25. The van der Waals surface area contributed by atoms with Crippen LogP contribution in [0.5, 0.6) is 0 Å². The lowest BCUT2D eigenvalue weighted by atomic mass is 10.1. The third kappa shape index (κ3) is 4.97. The predicted molar refractivity (Wildman–Crippen MR) is 140 cm³/mol. The molecule has 3 aliphatic rings. The molecule has 10 atom stereocenters. The highest BCUT2D eigenvalue weighted by Gasteiger charge is 2.53. The highest BCUT2D eigenvalue weighted by atomic mass is 31.2. The van der Waals surface area contributed by atoms with Crippen molar-refractivity contribution in [2.45, 2.75) is 49.2 Å². The van der Waals surface area contributed by atoms with E-state index in [2.05, 4.69) is 29.9 Å². The summed E-state index contributed by atoms with van der Waals surface area (Å²) in [4.78, 5) is 44.7. The third-order valence-electron chi connectivity index (χ3n) is 7.17. The number of phosphoric acid groups is 1. The number of fused-ring (bicyclic) bond motifs is 4. The average Bonchev–Trinajstić information content (AvgIpc) is 3.72. The van der Waals surface area contributed by atoms with Crippen LogP contribution in [0.2, 0.25) is 0 Å². The molecule has 7 rings (SSSR count). The molecule has 44 heavy (non-hydrogen) atoms. The van der Waals surface area contributed by atoms with Crippen LogP contribution in [0.4, 0.5) is 20.5 Å². The van der Waals surface area contributed by atoms with Gasteiger partial charge in [0.25, 0.3) is 5.56 Å². The van der Waals surface area contributed by atoms with E-state index in [1.165, 1.54) is 10.9 Å². The van der Waals surface area contributed by atoms with Gasteiger partial charge in [-0.2, -0.15) is 4.98 Å². The first-order chi connectivity index (χ1) is 21.0. The van der Waals surface area contributed by atoms with Gasteiger partial charge in [-0.3, -0.25) is 32.5 Å². The fraction of sp³-hybridized carbons (Fsp3) is 0.500. The Hall–Kier alpha value is -3.46. The number of imidazole rings is 2. The van der Waals surface area contributed by atoms with Crippen molar-refractivity contribution in [2.75, 3.05) is 24.7 Å². The zero-order chi connectivity index (χ0) is 30.9. The number of ether oxygens (including phenoxy) is 2. The minimum absolute atomic E-state index is 0.0219. The number of aromatic nitrogens is 8. The van der Waals surface area contributed by atoms with Crippen molar-refractivity contribution in [3.63, 3.8) is 0 Å². The fourth-order valence-electron chi connectivity index (χ4n) is 5.20. The number of alkyl halides is 2. The average molecular weight is 662 g/mol. The zero-order valence-electron chi connectivity index (χ0n) is 21.9. The van der Waals surface area contributed by atoms with Gasteiger partial charge in [-0.15, -0.1) is 0 Å². The van der Waals surface area contributed by atoms with Gasteiger partial charge in [-0.25, -0.2) is 33.3 Å². The molecule has 4 aromatic heterocycles. The number of nitrogen functional groups attached to an aromatic ring is 2. The van der Waals surface area contributed by atoms with E-state index >= 15 is 8.78 Å². The van der Waals surface area contributed by atoms with E-state index in [4.69, 9.17) is 39.0 Å². The van der Waals surface area contributed by atoms with Crippen LogP contribution in [0.1, 0.15) is 12.5 Å². The van der Waals surface area contributed by atoms with E-state index in [0.29, 0.717) is 0 Å². The van der Waals surface area contributed by atoms with Crippen LogP contribution in [0, 0.1) is 0 Å². The first-order valence-electron chi connectivity index (χ1n) is 12.7. The number of rotatable bonds is 2. The minimum Gasteiger partial charge on any atom is -0.382 e. The lowest BCUT2D eigenvalue weighted by Crippen LogP contribution is -2.36. The van der Waals surface area contributed by atoms with Crippen molar-refractivity contribution >= 4 is 50.2 Å². The molecule has 6 N–H and O–H groups in total. The quantitative estimate of drug-likeness (QED) is 0.204. The molecule has 0 saturated carbocycles. The number of nitrogens with two attached hydrogens (primary N) is 2. The number of hydrogen-bond donors (Lipinski definition) is 4. The van der Waals surface area contributed by atoms with Crippen LogP contribution < -0.4 is 17.0 Å². The molecule has 3 unspecified atom stereocenters. The highest BCUT2D eigenvalue weighted by molar-refractivity contribution is 7.47. The summed E-state index contributed by atoms with van der Waals surface area (Å²) in [7, 11) is -8.62. The van der Waals surface area contributed by atoms with Crippen LogP contribution in [0.3, 0.4) is 0 Å². The Labute approximate surface area is 243 Å².